The van der Waals surface area contributed by atoms with Gasteiger partial charge in [0, 0.05) is 18.2 Å². The van der Waals surface area contributed by atoms with E-state index in [2.05, 4.69) is 10.3 Å². The molecule has 0 unspecified atom stereocenters. The van der Waals surface area contributed by atoms with Gasteiger partial charge in [0.15, 0.2) is 0 Å². The quantitative estimate of drug-likeness (QED) is 0.867. The number of hydrogen-bond acceptors (Lipinski definition) is 5. The Kier molecular flexibility index (Phi) is 4.67. The van der Waals surface area contributed by atoms with Gasteiger partial charge < -0.3 is 14.6 Å². The number of fused-ring (bicyclic) bond motifs is 1. The predicted molar refractivity (Wildman–Crippen MR) is 101 cm³/mol. The predicted octanol–water partition coefficient (Wildman–Crippen LogP) is 2.41. The lowest BCUT2D eigenvalue weighted by atomic mass is 9.95. The van der Waals surface area contributed by atoms with Crippen molar-refractivity contribution in [2.45, 2.75) is 49.8 Å². The first-order valence-corrected chi connectivity index (χ1v) is 10.9. The summed E-state index contributed by atoms with van der Waals surface area (Å²) in [6, 6.07) is 7.31. The molecule has 7 nitrogen and oxygen atoms in total. The molecule has 4 rings (SSSR count). The molecule has 1 aromatic heterocycles. The van der Waals surface area contributed by atoms with E-state index in [9.17, 15) is 13.2 Å². The lowest BCUT2D eigenvalue weighted by Gasteiger charge is -2.23. The van der Waals surface area contributed by atoms with Gasteiger partial charge in [0.05, 0.1) is 12.9 Å². The molecule has 0 saturated heterocycles. The number of sulfone groups is 1. The second kappa shape index (κ2) is 6.99. The molecule has 1 saturated carbocycles. The monoisotopic (exact) mass is 389 g/mol. The summed E-state index contributed by atoms with van der Waals surface area (Å²) in [5.41, 5.74) is 1.38. The van der Waals surface area contributed by atoms with Crippen LogP contribution in [-0.2, 0) is 16.4 Å². The Morgan fingerprint density at radius 3 is 2.78 bits per heavy atom. The molecule has 1 N–H and O–H groups in total. The van der Waals surface area contributed by atoms with Crippen molar-refractivity contribution in [2.75, 3.05) is 12.9 Å². The van der Waals surface area contributed by atoms with E-state index in [-0.39, 0.29) is 29.4 Å². The zero-order valence-electron chi connectivity index (χ0n) is 15.3. The molecule has 0 atom stereocenters. The Hall–Kier alpha value is -2.35. The molecule has 1 fully saturated rings. The van der Waals surface area contributed by atoms with Crippen molar-refractivity contribution in [3.8, 4) is 17.0 Å². The number of ether oxygens (including phenoxy) is 1. The summed E-state index contributed by atoms with van der Waals surface area (Å²) < 4.78 is 31.5. The molecule has 8 heteroatoms. The van der Waals surface area contributed by atoms with Gasteiger partial charge in [-0.3, -0.25) is 4.79 Å². The first-order valence-electron chi connectivity index (χ1n) is 9.28. The number of carbonyl (C=O) groups is 1. The molecule has 2 aromatic rings. The maximum Gasteiger partial charge on any atom is 0.270 e. The van der Waals surface area contributed by atoms with Crippen molar-refractivity contribution in [2.24, 2.45) is 0 Å². The van der Waals surface area contributed by atoms with Crippen molar-refractivity contribution in [3.63, 3.8) is 0 Å². The van der Waals surface area contributed by atoms with Crippen LogP contribution in [0.1, 0.15) is 42.6 Å². The third-order valence-corrected chi connectivity index (χ3v) is 6.88. The largest absolute Gasteiger partial charge is 0.497 e. The number of amides is 1. The van der Waals surface area contributed by atoms with Gasteiger partial charge >= 0.3 is 0 Å². The van der Waals surface area contributed by atoms with Gasteiger partial charge in [-0.1, -0.05) is 31.4 Å². The smallest absolute Gasteiger partial charge is 0.270 e. The summed E-state index contributed by atoms with van der Waals surface area (Å²) in [7, 11) is -1.89. The molecule has 27 heavy (non-hydrogen) atoms. The summed E-state index contributed by atoms with van der Waals surface area (Å²) in [6.45, 7) is 0.252. The number of imidazole rings is 1. The summed E-state index contributed by atoms with van der Waals surface area (Å²) in [5, 5.41) is 3.07. The van der Waals surface area contributed by atoms with Crippen LogP contribution in [-0.4, -0.2) is 42.8 Å². The Labute approximate surface area is 158 Å². The normalized spacial score (nSPS) is 18.9. The van der Waals surface area contributed by atoms with E-state index in [1.54, 1.807) is 29.9 Å². The highest BCUT2D eigenvalue weighted by Crippen LogP contribution is 2.32. The maximum absolute atomic E-state index is 13.1. The van der Waals surface area contributed by atoms with Gasteiger partial charge in [0.2, 0.25) is 15.0 Å². The number of carbonyl (C=O) groups excluding carboxylic acids is 1. The van der Waals surface area contributed by atoms with Gasteiger partial charge in [0.25, 0.3) is 5.91 Å². The standard InChI is InChI=1S/C19H23N3O4S/c1-26-15-9-5-6-13(12-15)16-17(18(23)20-14-7-3-2-4-8-14)22-10-11-27(24,25)19(22)21-16/h5-6,9,12,14H,2-4,7-8,10-11H2,1H3,(H,20,23). The fourth-order valence-corrected chi connectivity index (χ4v) is 5.24. The minimum atomic E-state index is -3.46. The average Bonchev–Trinajstić information content (AvgIpc) is 3.20. The van der Waals surface area contributed by atoms with Crippen LogP contribution in [0, 0.1) is 0 Å². The molecule has 1 aliphatic heterocycles. The van der Waals surface area contributed by atoms with Crippen molar-refractivity contribution in [1.29, 1.82) is 0 Å². The fourth-order valence-electron chi connectivity index (χ4n) is 3.88. The topological polar surface area (TPSA) is 90.3 Å². The third kappa shape index (κ3) is 3.34. The third-order valence-electron chi connectivity index (χ3n) is 5.29. The fraction of sp³-hybridized carbons (Fsp3) is 0.474. The second-order valence-electron chi connectivity index (χ2n) is 7.10. The first kappa shape index (κ1) is 18.0. The summed E-state index contributed by atoms with van der Waals surface area (Å²) in [5.74, 6) is 0.356. The van der Waals surface area contributed by atoms with E-state index < -0.39 is 9.84 Å². The molecule has 2 heterocycles. The van der Waals surface area contributed by atoms with Crippen molar-refractivity contribution in [1.82, 2.24) is 14.9 Å². The van der Waals surface area contributed by atoms with Crippen molar-refractivity contribution < 1.29 is 17.9 Å². The summed E-state index contributed by atoms with van der Waals surface area (Å²) in [6.07, 6.45) is 5.32. The lowest BCUT2D eigenvalue weighted by molar-refractivity contribution is 0.0918. The summed E-state index contributed by atoms with van der Waals surface area (Å²) in [4.78, 5) is 17.5. The lowest BCUT2D eigenvalue weighted by Crippen LogP contribution is -2.37. The number of nitrogens with one attached hydrogen (secondary N) is 1. The van der Waals surface area contributed by atoms with Crippen LogP contribution in [0.15, 0.2) is 29.4 Å². The molecule has 1 amide bonds. The van der Waals surface area contributed by atoms with Gasteiger partial charge in [-0.2, -0.15) is 0 Å². The Bertz CT molecular complexity index is 975. The van der Waals surface area contributed by atoms with Crippen LogP contribution in [0.2, 0.25) is 0 Å². The van der Waals surface area contributed by atoms with Crippen LogP contribution in [0.25, 0.3) is 11.3 Å². The number of methoxy groups -OCH3 is 1. The molecule has 144 valence electrons. The highest BCUT2D eigenvalue weighted by atomic mass is 32.2. The zero-order chi connectivity index (χ0) is 19.0. The van der Waals surface area contributed by atoms with Gasteiger partial charge in [-0.05, 0) is 25.0 Å². The number of aromatic nitrogens is 2. The zero-order valence-corrected chi connectivity index (χ0v) is 16.1. The molecule has 0 bridgehead atoms. The molecule has 1 aromatic carbocycles. The van der Waals surface area contributed by atoms with Crippen LogP contribution in [0.5, 0.6) is 5.75 Å². The van der Waals surface area contributed by atoms with Crippen LogP contribution in [0.3, 0.4) is 0 Å². The SMILES string of the molecule is COc1cccc(-c2nc3n(c2C(=O)NC2CCCCC2)CCS3(=O)=O)c1. The Morgan fingerprint density at radius 1 is 1.26 bits per heavy atom. The highest BCUT2D eigenvalue weighted by molar-refractivity contribution is 7.91. The molecular weight excluding hydrogens is 366 g/mol. The van der Waals surface area contributed by atoms with Crippen molar-refractivity contribution >= 4 is 15.7 Å². The number of benzene rings is 1. The molecule has 0 spiro atoms. The minimum Gasteiger partial charge on any atom is -0.497 e. The van der Waals surface area contributed by atoms with E-state index in [4.69, 9.17) is 4.74 Å². The van der Waals surface area contributed by atoms with Crippen LogP contribution in [0.4, 0.5) is 0 Å². The van der Waals surface area contributed by atoms with Gasteiger partial charge in [-0.25, -0.2) is 13.4 Å². The van der Waals surface area contributed by atoms with E-state index >= 15 is 0 Å². The molecular formula is C19H23N3O4S. The second-order valence-corrected chi connectivity index (χ2v) is 9.11. The van der Waals surface area contributed by atoms with Crippen LogP contribution < -0.4 is 10.1 Å². The average molecular weight is 389 g/mol. The van der Waals surface area contributed by atoms with Gasteiger partial charge in [0.1, 0.15) is 17.1 Å². The molecule has 2 aliphatic rings. The van der Waals surface area contributed by atoms with E-state index in [0.717, 1.165) is 25.7 Å². The van der Waals surface area contributed by atoms with E-state index in [1.807, 2.05) is 6.07 Å². The Balaban J connectivity index is 1.77. The highest BCUT2D eigenvalue weighted by Gasteiger charge is 2.36. The number of hydrogen-bond donors (Lipinski definition) is 1. The Morgan fingerprint density at radius 2 is 2.04 bits per heavy atom. The van der Waals surface area contributed by atoms with E-state index in [1.165, 1.54) is 6.42 Å². The summed E-state index contributed by atoms with van der Waals surface area (Å²) >= 11 is 0. The van der Waals surface area contributed by atoms with Gasteiger partial charge in [-0.15, -0.1) is 0 Å². The first-order chi connectivity index (χ1) is 13.0. The number of rotatable bonds is 4. The van der Waals surface area contributed by atoms with E-state index in [0.29, 0.717) is 22.7 Å². The molecule has 1 aliphatic carbocycles. The number of nitrogens with zero attached hydrogens (tertiary/aromatic N) is 2. The molecule has 0 radical (unpaired) electrons. The maximum atomic E-state index is 13.1. The minimum absolute atomic E-state index is 0.0164. The van der Waals surface area contributed by atoms with Crippen molar-refractivity contribution in [3.05, 3.63) is 30.0 Å². The van der Waals surface area contributed by atoms with Crippen LogP contribution >= 0.6 is 0 Å².